The first-order valence-electron chi connectivity index (χ1n) is 6.71. The molecule has 0 atom stereocenters. The Morgan fingerprint density at radius 1 is 1.05 bits per heavy atom. The maximum absolute atomic E-state index is 9.39. The molecule has 0 amide bonds. The second-order valence-electron chi connectivity index (χ2n) is 4.24. The third-order valence-corrected chi connectivity index (χ3v) is 3.91. The minimum Gasteiger partial charge on any atom is -0.456 e. The van der Waals surface area contributed by atoms with Gasteiger partial charge in [0, 0.05) is 4.90 Å². The predicted molar refractivity (Wildman–Crippen MR) is 83.4 cm³/mol. The van der Waals surface area contributed by atoms with Gasteiger partial charge in [0.2, 0.25) is 0 Å². The van der Waals surface area contributed by atoms with E-state index in [0.717, 1.165) is 28.4 Å². The van der Waals surface area contributed by atoms with Crippen molar-refractivity contribution in [2.45, 2.75) is 25.2 Å². The number of nitriles is 1. The molecule has 0 aliphatic rings. The smallest absolute Gasteiger partial charge is 0.146 e. The summed E-state index contributed by atoms with van der Waals surface area (Å²) in [4.78, 5) is 0.974. The molecule has 0 saturated heterocycles. The zero-order valence-corrected chi connectivity index (χ0v) is 12.5. The highest BCUT2D eigenvalue weighted by Crippen LogP contribution is 2.33. The maximum atomic E-state index is 9.39. The molecule has 0 saturated carbocycles. The van der Waals surface area contributed by atoms with Crippen LogP contribution in [0.3, 0.4) is 0 Å². The van der Waals surface area contributed by atoms with Crippen LogP contribution >= 0.6 is 11.8 Å². The van der Waals surface area contributed by atoms with Crippen molar-refractivity contribution in [1.82, 2.24) is 0 Å². The summed E-state index contributed by atoms with van der Waals surface area (Å²) < 4.78 is 5.97. The first kappa shape index (κ1) is 14.5. The van der Waals surface area contributed by atoms with Crippen LogP contribution in [0.1, 0.15) is 25.0 Å². The normalized spacial score (nSPS) is 10.1. The van der Waals surface area contributed by atoms with Crippen LogP contribution in [0.2, 0.25) is 0 Å². The fraction of sp³-hybridized carbons (Fsp3) is 0.235. The number of hydrogen-bond donors (Lipinski definition) is 0. The van der Waals surface area contributed by atoms with Gasteiger partial charge in [0.15, 0.2) is 0 Å². The van der Waals surface area contributed by atoms with Crippen molar-refractivity contribution in [3.8, 4) is 17.6 Å². The average molecular weight is 283 g/mol. The molecule has 0 aromatic heterocycles. The van der Waals surface area contributed by atoms with E-state index < -0.39 is 0 Å². The van der Waals surface area contributed by atoms with Gasteiger partial charge in [-0.15, -0.1) is 11.8 Å². The Morgan fingerprint density at radius 2 is 1.80 bits per heavy atom. The predicted octanol–water partition coefficient (Wildman–Crippen LogP) is 5.02. The molecule has 0 spiro atoms. The van der Waals surface area contributed by atoms with Gasteiger partial charge in [-0.25, -0.2) is 0 Å². The van der Waals surface area contributed by atoms with E-state index in [-0.39, 0.29) is 0 Å². The monoisotopic (exact) mass is 283 g/mol. The van der Waals surface area contributed by atoms with E-state index in [4.69, 9.17) is 4.74 Å². The van der Waals surface area contributed by atoms with Gasteiger partial charge in [-0.3, -0.25) is 0 Å². The van der Waals surface area contributed by atoms with E-state index in [9.17, 15) is 5.26 Å². The van der Waals surface area contributed by atoms with Crippen LogP contribution in [-0.2, 0) is 6.42 Å². The number of hydrogen-bond acceptors (Lipinski definition) is 3. The number of ether oxygens (including phenoxy) is 1. The van der Waals surface area contributed by atoms with E-state index in [2.05, 4.69) is 19.9 Å². The van der Waals surface area contributed by atoms with Crippen molar-refractivity contribution in [2.75, 3.05) is 5.75 Å². The zero-order chi connectivity index (χ0) is 14.4. The van der Waals surface area contributed by atoms with Crippen molar-refractivity contribution in [3.63, 3.8) is 0 Å². The van der Waals surface area contributed by atoms with Crippen LogP contribution in [0.15, 0.2) is 47.4 Å². The highest BCUT2D eigenvalue weighted by Gasteiger charge is 2.11. The topological polar surface area (TPSA) is 33.0 Å². The number of para-hydroxylation sites is 1. The van der Waals surface area contributed by atoms with E-state index in [1.54, 1.807) is 11.8 Å². The van der Waals surface area contributed by atoms with Crippen molar-refractivity contribution >= 4 is 11.8 Å². The molecule has 0 heterocycles. The van der Waals surface area contributed by atoms with Crippen LogP contribution in [-0.4, -0.2) is 5.75 Å². The Morgan fingerprint density at radius 3 is 2.50 bits per heavy atom. The molecule has 2 rings (SSSR count). The largest absolute Gasteiger partial charge is 0.456 e. The summed E-state index contributed by atoms with van der Waals surface area (Å²) in [6.07, 6.45) is 0.904. The Labute approximate surface area is 124 Å². The molecule has 0 aliphatic heterocycles. The lowest BCUT2D eigenvalue weighted by Crippen LogP contribution is -1.94. The second-order valence-corrected chi connectivity index (χ2v) is 5.54. The summed E-state index contributed by atoms with van der Waals surface area (Å²) in [5.74, 6) is 2.39. The zero-order valence-electron chi connectivity index (χ0n) is 11.7. The molecule has 2 nitrogen and oxygen atoms in total. The van der Waals surface area contributed by atoms with Crippen molar-refractivity contribution in [3.05, 3.63) is 53.6 Å². The summed E-state index contributed by atoms with van der Waals surface area (Å²) in [5.41, 5.74) is 1.76. The molecule has 0 radical (unpaired) electrons. The average Bonchev–Trinajstić information content (AvgIpc) is 2.48. The van der Waals surface area contributed by atoms with E-state index >= 15 is 0 Å². The fourth-order valence-corrected chi connectivity index (χ4v) is 2.77. The third kappa shape index (κ3) is 3.15. The molecular weight excluding hydrogens is 266 g/mol. The van der Waals surface area contributed by atoms with Gasteiger partial charge in [0.25, 0.3) is 0 Å². The van der Waals surface area contributed by atoms with Gasteiger partial charge >= 0.3 is 0 Å². The molecule has 102 valence electrons. The number of aryl methyl sites for hydroxylation is 1. The van der Waals surface area contributed by atoms with Crippen LogP contribution in [0.25, 0.3) is 0 Å². The molecule has 0 unspecified atom stereocenters. The van der Waals surface area contributed by atoms with Crippen molar-refractivity contribution in [2.24, 2.45) is 0 Å². The lowest BCUT2D eigenvalue weighted by atomic mass is 10.1. The Balaban J connectivity index is 2.39. The van der Waals surface area contributed by atoms with Crippen LogP contribution in [0.4, 0.5) is 0 Å². The van der Waals surface area contributed by atoms with Gasteiger partial charge < -0.3 is 4.74 Å². The first-order valence-corrected chi connectivity index (χ1v) is 7.70. The maximum Gasteiger partial charge on any atom is 0.146 e. The van der Waals surface area contributed by atoms with Gasteiger partial charge in [0.05, 0.1) is 0 Å². The summed E-state index contributed by atoms with van der Waals surface area (Å²) in [5, 5.41) is 9.39. The Hall–Kier alpha value is -1.92. The minimum atomic E-state index is 0.616. The summed E-state index contributed by atoms with van der Waals surface area (Å²) in [6, 6.07) is 16.0. The Bertz CT molecular complexity index is 631. The van der Waals surface area contributed by atoms with Crippen LogP contribution < -0.4 is 4.74 Å². The molecular formula is C17H17NOS. The van der Waals surface area contributed by atoms with Crippen LogP contribution in [0, 0.1) is 11.3 Å². The van der Waals surface area contributed by atoms with Gasteiger partial charge in [-0.2, -0.15) is 5.26 Å². The third-order valence-electron chi connectivity index (χ3n) is 2.97. The summed E-state index contributed by atoms with van der Waals surface area (Å²) in [6.45, 7) is 4.17. The number of thioether (sulfide) groups is 1. The van der Waals surface area contributed by atoms with E-state index in [0.29, 0.717) is 11.3 Å². The highest BCUT2D eigenvalue weighted by atomic mass is 32.2. The molecule has 20 heavy (non-hydrogen) atoms. The van der Waals surface area contributed by atoms with E-state index in [1.165, 1.54) is 0 Å². The SMILES string of the molecule is CCSc1cccc(Oc2ccccc2CC)c1C#N. The van der Waals surface area contributed by atoms with E-state index in [1.807, 2.05) is 42.5 Å². The second kappa shape index (κ2) is 7.02. The molecule has 3 heteroatoms. The Kier molecular flexibility index (Phi) is 5.09. The van der Waals surface area contributed by atoms with Crippen LogP contribution in [0.5, 0.6) is 11.5 Å². The molecule has 0 N–H and O–H groups in total. The lowest BCUT2D eigenvalue weighted by molar-refractivity contribution is 0.474. The number of nitrogens with zero attached hydrogens (tertiary/aromatic N) is 1. The standard InChI is InChI=1S/C17H17NOS/c1-3-13-8-5-6-9-15(13)19-16-10-7-11-17(20-4-2)14(16)12-18/h5-11H,3-4H2,1-2H3. The molecule has 0 aliphatic carbocycles. The minimum absolute atomic E-state index is 0.616. The fourth-order valence-electron chi connectivity index (χ4n) is 2.00. The van der Waals surface area contributed by atoms with Gasteiger partial charge in [-0.1, -0.05) is 38.1 Å². The summed E-state index contributed by atoms with van der Waals surface area (Å²) in [7, 11) is 0. The molecule has 0 fully saturated rings. The molecule has 0 bridgehead atoms. The van der Waals surface area contributed by atoms with Crippen molar-refractivity contribution < 1.29 is 4.74 Å². The highest BCUT2D eigenvalue weighted by molar-refractivity contribution is 7.99. The van der Waals surface area contributed by atoms with Crippen molar-refractivity contribution in [1.29, 1.82) is 5.26 Å². The quantitative estimate of drug-likeness (QED) is 0.722. The summed E-state index contributed by atoms with van der Waals surface area (Å²) >= 11 is 1.66. The lowest BCUT2D eigenvalue weighted by Gasteiger charge is -2.12. The molecule has 2 aromatic rings. The van der Waals surface area contributed by atoms with Gasteiger partial charge in [-0.05, 0) is 35.9 Å². The van der Waals surface area contributed by atoms with Gasteiger partial charge in [0.1, 0.15) is 23.1 Å². The molecule has 2 aromatic carbocycles. The number of rotatable bonds is 5. The number of benzene rings is 2. The first-order chi connectivity index (χ1) is 9.80.